The highest BCUT2D eigenvalue weighted by atomic mass is 16.2. The lowest BCUT2D eigenvalue weighted by Crippen LogP contribution is -2.51. The zero-order chi connectivity index (χ0) is 24.0. The van der Waals surface area contributed by atoms with Gasteiger partial charge in [-0.05, 0) is 31.4 Å². The topological polar surface area (TPSA) is 117 Å². The SMILES string of the molecule is C=C1CCC(N2C(=O)c3cccc(NCc4cnn(C5CCN(C(C)=O)C5)c4)c3C2=O)C(=O)N1. The second-order valence-electron chi connectivity index (χ2n) is 8.95. The maximum absolute atomic E-state index is 13.2. The molecule has 4 amide bonds. The Labute approximate surface area is 196 Å². The fraction of sp³-hybridized carbons (Fsp3) is 0.375. The second kappa shape index (κ2) is 8.44. The lowest BCUT2D eigenvalue weighted by Gasteiger charge is -2.29. The van der Waals surface area contributed by atoms with Crippen molar-refractivity contribution in [2.24, 2.45) is 0 Å². The van der Waals surface area contributed by atoms with Crippen LogP contribution in [-0.2, 0) is 16.1 Å². The highest BCUT2D eigenvalue weighted by Crippen LogP contribution is 2.33. The normalized spacial score (nSPS) is 22.3. The number of nitrogens with one attached hydrogen (secondary N) is 2. The van der Waals surface area contributed by atoms with Crippen LogP contribution in [0.2, 0.25) is 0 Å². The van der Waals surface area contributed by atoms with Crippen molar-refractivity contribution in [3.05, 3.63) is 59.6 Å². The third kappa shape index (κ3) is 3.74. The van der Waals surface area contributed by atoms with Gasteiger partial charge in [-0.2, -0.15) is 5.10 Å². The number of imide groups is 1. The largest absolute Gasteiger partial charge is 0.380 e. The van der Waals surface area contributed by atoms with E-state index >= 15 is 0 Å². The minimum atomic E-state index is -0.843. The van der Waals surface area contributed by atoms with Gasteiger partial charge in [-0.15, -0.1) is 0 Å². The first-order valence-electron chi connectivity index (χ1n) is 11.4. The fourth-order valence-electron chi connectivity index (χ4n) is 4.85. The van der Waals surface area contributed by atoms with E-state index in [0.29, 0.717) is 37.3 Å². The van der Waals surface area contributed by atoms with E-state index in [1.807, 2.05) is 15.8 Å². The molecule has 0 radical (unpaired) electrons. The van der Waals surface area contributed by atoms with Crippen molar-refractivity contribution in [3.63, 3.8) is 0 Å². The highest BCUT2D eigenvalue weighted by molar-refractivity contribution is 6.25. The first-order valence-corrected chi connectivity index (χ1v) is 11.4. The zero-order valence-corrected chi connectivity index (χ0v) is 18.9. The Morgan fingerprint density at radius 3 is 2.79 bits per heavy atom. The molecule has 2 fully saturated rings. The standard InChI is InChI=1S/C24H26N6O4/c1-14-6-7-20(22(32)27-14)30-23(33)18-4-3-5-19(21(18)24(30)34)25-10-16-11-26-29(12-16)17-8-9-28(13-17)15(2)31/h3-5,11-12,17,20,25H,1,6-10,13H2,2H3,(H,27,32). The number of nitrogens with zero attached hydrogens (tertiary/aromatic N) is 4. The molecule has 5 rings (SSSR count). The number of anilines is 1. The van der Waals surface area contributed by atoms with E-state index in [-0.39, 0.29) is 29.0 Å². The van der Waals surface area contributed by atoms with Gasteiger partial charge in [-0.25, -0.2) is 0 Å². The van der Waals surface area contributed by atoms with Gasteiger partial charge in [0.1, 0.15) is 6.04 Å². The molecule has 10 nitrogen and oxygen atoms in total. The summed E-state index contributed by atoms with van der Waals surface area (Å²) in [5, 5.41) is 10.3. The first kappa shape index (κ1) is 21.9. The van der Waals surface area contributed by atoms with E-state index in [1.165, 1.54) is 0 Å². The Morgan fingerprint density at radius 1 is 1.24 bits per heavy atom. The molecule has 0 saturated carbocycles. The predicted molar refractivity (Wildman–Crippen MR) is 123 cm³/mol. The average molecular weight is 463 g/mol. The number of carbonyl (C=O) groups excluding carboxylic acids is 4. The summed E-state index contributed by atoms with van der Waals surface area (Å²) in [6, 6.07) is 4.38. The van der Waals surface area contributed by atoms with Crippen molar-refractivity contribution in [3.8, 4) is 0 Å². The molecule has 2 aromatic rings. The molecule has 4 heterocycles. The van der Waals surface area contributed by atoms with Crippen LogP contribution < -0.4 is 10.6 Å². The number of likely N-dealkylation sites (tertiary alicyclic amines) is 1. The Balaban J connectivity index is 1.30. The van der Waals surface area contributed by atoms with Gasteiger partial charge in [-0.3, -0.25) is 28.8 Å². The number of benzene rings is 1. The number of fused-ring (bicyclic) bond motifs is 1. The van der Waals surface area contributed by atoms with Crippen LogP contribution in [0.5, 0.6) is 0 Å². The number of piperidine rings is 1. The summed E-state index contributed by atoms with van der Waals surface area (Å²) >= 11 is 0. The summed E-state index contributed by atoms with van der Waals surface area (Å²) in [6.07, 6.45) is 5.42. The van der Waals surface area contributed by atoms with Crippen molar-refractivity contribution < 1.29 is 19.2 Å². The van der Waals surface area contributed by atoms with Gasteiger partial charge in [0.05, 0.1) is 23.4 Å². The van der Waals surface area contributed by atoms with Crippen LogP contribution in [0.4, 0.5) is 5.69 Å². The second-order valence-corrected chi connectivity index (χ2v) is 8.95. The van der Waals surface area contributed by atoms with Crippen molar-refractivity contribution >= 4 is 29.3 Å². The van der Waals surface area contributed by atoms with E-state index in [4.69, 9.17) is 0 Å². The van der Waals surface area contributed by atoms with Gasteiger partial charge >= 0.3 is 0 Å². The molecule has 0 spiro atoms. The molecule has 0 aliphatic carbocycles. The van der Waals surface area contributed by atoms with Gasteiger partial charge in [0.25, 0.3) is 11.8 Å². The molecule has 10 heteroatoms. The lowest BCUT2D eigenvalue weighted by molar-refractivity contribution is -0.128. The van der Waals surface area contributed by atoms with E-state index in [9.17, 15) is 19.2 Å². The Kier molecular flexibility index (Phi) is 5.43. The molecular formula is C24H26N6O4. The monoisotopic (exact) mass is 462 g/mol. The fourth-order valence-corrected chi connectivity index (χ4v) is 4.85. The summed E-state index contributed by atoms with van der Waals surface area (Å²) in [5.41, 5.74) is 2.61. The number of aromatic nitrogens is 2. The summed E-state index contributed by atoms with van der Waals surface area (Å²) in [7, 11) is 0. The molecule has 3 aliphatic heterocycles. The van der Waals surface area contributed by atoms with Gasteiger partial charge in [0.15, 0.2) is 0 Å². The summed E-state index contributed by atoms with van der Waals surface area (Å²) < 4.78 is 1.88. The molecule has 2 unspecified atom stereocenters. The van der Waals surface area contributed by atoms with E-state index in [2.05, 4.69) is 22.3 Å². The third-order valence-corrected chi connectivity index (χ3v) is 6.70. The Bertz CT molecular complexity index is 1220. The molecule has 2 atom stereocenters. The van der Waals surface area contributed by atoms with E-state index in [1.54, 1.807) is 31.3 Å². The van der Waals surface area contributed by atoms with Crippen molar-refractivity contribution in [1.29, 1.82) is 0 Å². The van der Waals surface area contributed by atoms with Crippen LogP contribution >= 0.6 is 0 Å². The molecular weight excluding hydrogens is 436 g/mol. The van der Waals surface area contributed by atoms with Crippen LogP contribution in [0.25, 0.3) is 0 Å². The first-order chi connectivity index (χ1) is 16.3. The van der Waals surface area contributed by atoms with Crippen molar-refractivity contribution in [2.45, 2.75) is 44.8 Å². The summed E-state index contributed by atoms with van der Waals surface area (Å²) in [4.78, 5) is 53.2. The molecule has 2 saturated heterocycles. The van der Waals surface area contributed by atoms with Crippen LogP contribution in [0.1, 0.15) is 58.5 Å². The zero-order valence-electron chi connectivity index (χ0n) is 18.9. The van der Waals surface area contributed by atoms with Crippen LogP contribution in [0.15, 0.2) is 42.9 Å². The highest BCUT2D eigenvalue weighted by Gasteiger charge is 2.45. The Morgan fingerprint density at radius 2 is 2.06 bits per heavy atom. The van der Waals surface area contributed by atoms with Crippen LogP contribution in [0, 0.1) is 0 Å². The van der Waals surface area contributed by atoms with Crippen LogP contribution in [0.3, 0.4) is 0 Å². The molecule has 34 heavy (non-hydrogen) atoms. The molecule has 176 valence electrons. The van der Waals surface area contributed by atoms with Gasteiger partial charge in [-0.1, -0.05) is 12.6 Å². The molecule has 1 aromatic heterocycles. The smallest absolute Gasteiger partial charge is 0.264 e. The average Bonchev–Trinajstić information content (AvgIpc) is 3.53. The number of carbonyl (C=O) groups is 4. The number of amides is 4. The predicted octanol–water partition coefficient (Wildman–Crippen LogP) is 1.68. The Hall–Kier alpha value is -3.95. The number of rotatable bonds is 5. The number of hydrogen-bond donors (Lipinski definition) is 2. The molecule has 1 aromatic carbocycles. The van der Waals surface area contributed by atoms with Crippen molar-refractivity contribution in [2.75, 3.05) is 18.4 Å². The minimum Gasteiger partial charge on any atom is -0.380 e. The maximum atomic E-state index is 13.2. The van der Waals surface area contributed by atoms with E-state index in [0.717, 1.165) is 23.4 Å². The minimum absolute atomic E-state index is 0.0679. The van der Waals surface area contributed by atoms with Gasteiger partial charge in [0, 0.05) is 49.7 Å². The number of allylic oxidation sites excluding steroid dienone is 1. The molecule has 0 bridgehead atoms. The molecule has 3 aliphatic rings. The van der Waals surface area contributed by atoms with Gasteiger partial charge in [0.2, 0.25) is 11.8 Å². The summed E-state index contributed by atoms with van der Waals surface area (Å²) in [5.74, 6) is -1.25. The van der Waals surface area contributed by atoms with Crippen LogP contribution in [-0.4, -0.2) is 62.3 Å². The van der Waals surface area contributed by atoms with Gasteiger partial charge < -0.3 is 15.5 Å². The lowest BCUT2D eigenvalue weighted by atomic mass is 10.0. The quantitative estimate of drug-likeness (QED) is 0.653. The number of hydrogen-bond acceptors (Lipinski definition) is 6. The third-order valence-electron chi connectivity index (χ3n) is 6.70. The maximum Gasteiger partial charge on any atom is 0.264 e. The van der Waals surface area contributed by atoms with E-state index < -0.39 is 17.9 Å². The summed E-state index contributed by atoms with van der Waals surface area (Å²) in [6.45, 7) is 7.10. The van der Waals surface area contributed by atoms with Crippen molar-refractivity contribution in [1.82, 2.24) is 24.9 Å². The molecule has 2 N–H and O–H groups in total.